The summed E-state index contributed by atoms with van der Waals surface area (Å²) < 4.78 is 0. The third kappa shape index (κ3) is 5.30. The van der Waals surface area contributed by atoms with Crippen molar-refractivity contribution in [1.82, 2.24) is 0 Å². The molecule has 0 rings (SSSR count). The smallest absolute Gasteiger partial charge is 0.146 e. The molecule has 0 bridgehead atoms. The fourth-order valence-corrected chi connectivity index (χ4v) is 1.30. The van der Waals surface area contributed by atoms with Gasteiger partial charge in [0.1, 0.15) is 5.78 Å². The lowest BCUT2D eigenvalue weighted by Crippen LogP contribution is -2.28. The summed E-state index contributed by atoms with van der Waals surface area (Å²) >= 11 is 0. The Morgan fingerprint density at radius 1 is 1.33 bits per heavy atom. The van der Waals surface area contributed by atoms with E-state index >= 15 is 0 Å². The molecule has 0 saturated heterocycles. The first-order valence-corrected chi connectivity index (χ1v) is 4.84. The maximum absolute atomic E-state index is 10.8. The van der Waals surface area contributed by atoms with Crippen LogP contribution in [-0.2, 0) is 4.79 Å². The van der Waals surface area contributed by atoms with Crippen LogP contribution >= 0.6 is 0 Å². The van der Waals surface area contributed by atoms with E-state index in [1.165, 1.54) is 12.8 Å². The van der Waals surface area contributed by atoms with Gasteiger partial charge in [0.15, 0.2) is 0 Å². The zero-order chi connectivity index (χ0) is 9.56. The molecule has 0 heterocycles. The Morgan fingerprint density at radius 3 is 2.33 bits per heavy atom. The summed E-state index contributed by atoms with van der Waals surface area (Å²) in [7, 11) is 0. The molecule has 0 aliphatic carbocycles. The van der Waals surface area contributed by atoms with Gasteiger partial charge in [-0.15, -0.1) is 0 Å². The number of carbonyl (C=O) groups is 1. The monoisotopic (exact) mass is 171 g/mol. The van der Waals surface area contributed by atoms with Gasteiger partial charge in [-0.3, -0.25) is 4.79 Å². The Balaban J connectivity index is 3.46. The van der Waals surface area contributed by atoms with Crippen molar-refractivity contribution < 1.29 is 4.79 Å². The van der Waals surface area contributed by atoms with E-state index in [1.54, 1.807) is 6.92 Å². The predicted octanol–water partition coefficient (Wildman–Crippen LogP) is 2.12. The minimum Gasteiger partial charge on any atom is -0.322 e. The molecule has 0 amide bonds. The molecule has 72 valence electrons. The molecule has 2 nitrogen and oxygen atoms in total. The highest BCUT2D eigenvalue weighted by Crippen LogP contribution is 2.13. The maximum Gasteiger partial charge on any atom is 0.146 e. The van der Waals surface area contributed by atoms with Gasteiger partial charge >= 0.3 is 0 Å². The summed E-state index contributed by atoms with van der Waals surface area (Å²) in [6.45, 7) is 5.97. The predicted molar refractivity (Wildman–Crippen MR) is 52.0 cm³/mol. The minimum absolute atomic E-state index is 0.110. The van der Waals surface area contributed by atoms with Crippen molar-refractivity contribution in [1.29, 1.82) is 0 Å². The SMILES string of the molecule is CCC[C@H](C)CC[C@H](N)C(C)=O. The number of nitrogens with two attached hydrogens (primary N) is 1. The number of ketones is 1. The molecule has 0 aliphatic rings. The van der Waals surface area contributed by atoms with Gasteiger partial charge in [-0.25, -0.2) is 0 Å². The largest absolute Gasteiger partial charge is 0.322 e. The van der Waals surface area contributed by atoms with E-state index in [0.29, 0.717) is 5.92 Å². The summed E-state index contributed by atoms with van der Waals surface area (Å²) in [6.07, 6.45) is 4.38. The molecule has 0 spiro atoms. The normalized spacial score (nSPS) is 15.7. The van der Waals surface area contributed by atoms with Crippen LogP contribution < -0.4 is 5.73 Å². The second kappa shape index (κ2) is 6.18. The van der Waals surface area contributed by atoms with E-state index in [9.17, 15) is 4.79 Å². The molecule has 2 N–H and O–H groups in total. The highest BCUT2D eigenvalue weighted by molar-refractivity contribution is 5.80. The molecule has 0 unspecified atom stereocenters. The Kier molecular flexibility index (Phi) is 5.99. The average molecular weight is 171 g/mol. The van der Waals surface area contributed by atoms with Gasteiger partial charge < -0.3 is 5.73 Å². The number of hydrogen-bond donors (Lipinski definition) is 1. The van der Waals surface area contributed by atoms with E-state index in [2.05, 4.69) is 13.8 Å². The third-order valence-corrected chi connectivity index (χ3v) is 2.27. The van der Waals surface area contributed by atoms with Crippen molar-refractivity contribution in [3.05, 3.63) is 0 Å². The number of carbonyl (C=O) groups excluding carboxylic acids is 1. The Bertz CT molecular complexity index is 134. The molecule has 2 heteroatoms. The van der Waals surface area contributed by atoms with Crippen LogP contribution in [-0.4, -0.2) is 11.8 Å². The second-order valence-electron chi connectivity index (χ2n) is 3.69. The van der Waals surface area contributed by atoms with Crippen molar-refractivity contribution >= 4 is 5.78 Å². The molecule has 12 heavy (non-hydrogen) atoms. The first-order valence-electron chi connectivity index (χ1n) is 4.84. The Labute approximate surface area is 75.5 Å². The molecule has 0 aliphatic heterocycles. The lowest BCUT2D eigenvalue weighted by Gasteiger charge is -2.12. The molecule has 0 aromatic rings. The van der Waals surface area contributed by atoms with E-state index in [-0.39, 0.29) is 11.8 Å². The molecular weight excluding hydrogens is 150 g/mol. The van der Waals surface area contributed by atoms with Crippen molar-refractivity contribution in [3.63, 3.8) is 0 Å². The van der Waals surface area contributed by atoms with Crippen molar-refractivity contribution in [2.24, 2.45) is 11.7 Å². The quantitative estimate of drug-likeness (QED) is 0.665. The van der Waals surface area contributed by atoms with Crippen LogP contribution in [0.1, 0.15) is 46.5 Å². The zero-order valence-corrected chi connectivity index (χ0v) is 8.47. The number of rotatable bonds is 6. The molecule has 0 fully saturated rings. The maximum atomic E-state index is 10.8. The molecular formula is C10H21NO. The van der Waals surface area contributed by atoms with E-state index in [4.69, 9.17) is 5.73 Å². The van der Waals surface area contributed by atoms with E-state index < -0.39 is 0 Å². The van der Waals surface area contributed by atoms with Crippen molar-refractivity contribution in [2.45, 2.75) is 52.5 Å². The van der Waals surface area contributed by atoms with Crippen molar-refractivity contribution in [2.75, 3.05) is 0 Å². The van der Waals surface area contributed by atoms with Gasteiger partial charge in [-0.2, -0.15) is 0 Å². The van der Waals surface area contributed by atoms with Crippen LogP contribution in [0.5, 0.6) is 0 Å². The van der Waals surface area contributed by atoms with Gasteiger partial charge in [0.05, 0.1) is 6.04 Å². The lowest BCUT2D eigenvalue weighted by molar-refractivity contribution is -0.118. The van der Waals surface area contributed by atoms with Crippen LogP contribution in [0.15, 0.2) is 0 Å². The fraction of sp³-hybridized carbons (Fsp3) is 0.900. The first kappa shape index (κ1) is 11.6. The Hall–Kier alpha value is -0.370. The molecule has 2 atom stereocenters. The molecule has 0 aromatic heterocycles. The molecule has 0 saturated carbocycles. The van der Waals surface area contributed by atoms with Crippen LogP contribution in [0.3, 0.4) is 0 Å². The van der Waals surface area contributed by atoms with Crippen LogP contribution in [0.2, 0.25) is 0 Å². The van der Waals surface area contributed by atoms with Crippen LogP contribution in [0.4, 0.5) is 0 Å². The van der Waals surface area contributed by atoms with Crippen LogP contribution in [0, 0.1) is 5.92 Å². The first-order chi connectivity index (χ1) is 5.57. The van der Waals surface area contributed by atoms with Crippen LogP contribution in [0.25, 0.3) is 0 Å². The lowest BCUT2D eigenvalue weighted by atomic mass is 9.97. The van der Waals surface area contributed by atoms with Crippen molar-refractivity contribution in [3.8, 4) is 0 Å². The summed E-state index contributed by atoms with van der Waals surface area (Å²) in [5.74, 6) is 0.819. The van der Waals surface area contributed by atoms with Gasteiger partial charge in [0.25, 0.3) is 0 Å². The summed E-state index contributed by atoms with van der Waals surface area (Å²) in [6, 6.07) is -0.232. The Morgan fingerprint density at radius 2 is 1.92 bits per heavy atom. The van der Waals surface area contributed by atoms with E-state index in [0.717, 1.165) is 12.8 Å². The highest BCUT2D eigenvalue weighted by atomic mass is 16.1. The molecule has 0 radical (unpaired) electrons. The fourth-order valence-electron chi connectivity index (χ4n) is 1.30. The molecule has 0 aromatic carbocycles. The topological polar surface area (TPSA) is 43.1 Å². The summed E-state index contributed by atoms with van der Waals surface area (Å²) in [5, 5.41) is 0. The van der Waals surface area contributed by atoms with Gasteiger partial charge in [-0.1, -0.05) is 26.7 Å². The second-order valence-corrected chi connectivity index (χ2v) is 3.69. The highest BCUT2D eigenvalue weighted by Gasteiger charge is 2.09. The van der Waals surface area contributed by atoms with Gasteiger partial charge in [0.2, 0.25) is 0 Å². The van der Waals surface area contributed by atoms with Gasteiger partial charge in [0, 0.05) is 0 Å². The third-order valence-electron chi connectivity index (χ3n) is 2.27. The standard InChI is InChI=1S/C10H21NO/c1-4-5-8(2)6-7-10(11)9(3)12/h8,10H,4-7,11H2,1-3H3/t8-,10-/m0/s1. The van der Waals surface area contributed by atoms with E-state index in [1.807, 2.05) is 0 Å². The zero-order valence-electron chi connectivity index (χ0n) is 8.47. The van der Waals surface area contributed by atoms with Gasteiger partial charge in [-0.05, 0) is 25.7 Å². The number of Topliss-reactive ketones (excluding diaryl/α,β-unsaturated/α-hetero) is 1. The number of hydrogen-bond acceptors (Lipinski definition) is 2. The minimum atomic E-state index is -0.232. The summed E-state index contributed by atoms with van der Waals surface area (Å²) in [4.78, 5) is 10.8. The summed E-state index contributed by atoms with van der Waals surface area (Å²) in [5.41, 5.74) is 5.61. The average Bonchev–Trinajstić information content (AvgIpc) is 2.00.